The van der Waals surface area contributed by atoms with Crippen LogP contribution in [0, 0.1) is 5.92 Å². The van der Waals surface area contributed by atoms with Gasteiger partial charge in [0.1, 0.15) is 5.78 Å². The number of Topliss-reactive ketones (excluding diaryl/α,β-unsaturated/α-hetero) is 1. The molecule has 1 aliphatic carbocycles. The molecule has 0 bridgehead atoms. The van der Waals surface area contributed by atoms with Crippen molar-refractivity contribution in [1.29, 1.82) is 0 Å². The summed E-state index contributed by atoms with van der Waals surface area (Å²) >= 11 is 0. The predicted octanol–water partition coefficient (Wildman–Crippen LogP) is 1.66. The van der Waals surface area contributed by atoms with Gasteiger partial charge in [-0.15, -0.1) is 0 Å². The van der Waals surface area contributed by atoms with Crippen LogP contribution in [0.25, 0.3) is 0 Å². The number of hydrogen-bond donors (Lipinski definition) is 1. The van der Waals surface area contributed by atoms with Crippen LogP contribution in [-0.2, 0) is 9.59 Å². The topological polar surface area (TPSA) is 46.2 Å². The van der Waals surface area contributed by atoms with Crippen LogP contribution in [0.1, 0.15) is 45.4 Å². The summed E-state index contributed by atoms with van der Waals surface area (Å²) in [5.41, 5.74) is 0. The number of unbranched alkanes of at least 4 members (excludes halogenated alkanes) is 2. The Labute approximate surface area is 85.3 Å². The number of nitrogens with one attached hydrogen (secondary N) is 1. The first-order chi connectivity index (χ1) is 6.75. The summed E-state index contributed by atoms with van der Waals surface area (Å²) in [6.45, 7) is 2.85. The smallest absolute Gasteiger partial charge is 0.230 e. The minimum absolute atomic E-state index is 0.0522. The SMILES string of the molecule is CCCCCNC(=O)[C@H]1CCCC1=O. The van der Waals surface area contributed by atoms with Gasteiger partial charge in [-0.2, -0.15) is 0 Å². The molecule has 0 aromatic heterocycles. The van der Waals surface area contributed by atoms with Crippen LogP contribution < -0.4 is 5.32 Å². The molecule has 0 aromatic rings. The second-order valence-electron chi connectivity index (χ2n) is 3.91. The van der Waals surface area contributed by atoms with Crippen molar-refractivity contribution in [1.82, 2.24) is 5.32 Å². The van der Waals surface area contributed by atoms with E-state index in [2.05, 4.69) is 12.2 Å². The Morgan fingerprint density at radius 3 is 2.86 bits per heavy atom. The predicted molar refractivity (Wildman–Crippen MR) is 54.9 cm³/mol. The third-order valence-electron chi connectivity index (χ3n) is 2.70. The van der Waals surface area contributed by atoms with Crippen LogP contribution in [0.3, 0.4) is 0 Å². The number of carbonyl (C=O) groups excluding carboxylic acids is 2. The summed E-state index contributed by atoms with van der Waals surface area (Å²) in [5, 5.41) is 2.83. The van der Waals surface area contributed by atoms with Gasteiger partial charge in [-0.3, -0.25) is 9.59 Å². The van der Waals surface area contributed by atoms with Gasteiger partial charge in [0.05, 0.1) is 5.92 Å². The lowest BCUT2D eigenvalue weighted by Crippen LogP contribution is -2.33. The Bertz CT molecular complexity index is 213. The van der Waals surface area contributed by atoms with E-state index in [9.17, 15) is 9.59 Å². The highest BCUT2D eigenvalue weighted by atomic mass is 16.2. The zero-order valence-corrected chi connectivity index (χ0v) is 8.84. The lowest BCUT2D eigenvalue weighted by atomic mass is 10.1. The number of carbonyl (C=O) groups is 2. The van der Waals surface area contributed by atoms with E-state index in [-0.39, 0.29) is 17.6 Å². The van der Waals surface area contributed by atoms with Gasteiger partial charge < -0.3 is 5.32 Å². The van der Waals surface area contributed by atoms with Crippen molar-refractivity contribution < 1.29 is 9.59 Å². The highest BCUT2D eigenvalue weighted by Crippen LogP contribution is 2.21. The van der Waals surface area contributed by atoms with Gasteiger partial charge in [0.25, 0.3) is 0 Å². The van der Waals surface area contributed by atoms with Gasteiger partial charge in [0, 0.05) is 13.0 Å². The molecule has 80 valence electrons. The summed E-state index contributed by atoms with van der Waals surface area (Å²) < 4.78 is 0. The third-order valence-corrected chi connectivity index (χ3v) is 2.70. The number of ketones is 1. The number of amides is 1. The molecule has 1 rings (SSSR count). The average molecular weight is 197 g/mol. The van der Waals surface area contributed by atoms with Crippen molar-refractivity contribution in [2.45, 2.75) is 45.4 Å². The quantitative estimate of drug-likeness (QED) is 0.538. The summed E-state index contributed by atoms with van der Waals surface area (Å²) in [4.78, 5) is 22.7. The number of rotatable bonds is 5. The molecule has 1 saturated carbocycles. The van der Waals surface area contributed by atoms with Crippen LogP contribution in [-0.4, -0.2) is 18.2 Å². The first kappa shape index (κ1) is 11.2. The van der Waals surface area contributed by atoms with E-state index in [0.717, 1.165) is 38.6 Å². The molecule has 0 radical (unpaired) electrons. The molecule has 1 aliphatic rings. The maximum Gasteiger partial charge on any atom is 0.230 e. The lowest BCUT2D eigenvalue weighted by molar-refractivity contribution is -0.132. The van der Waals surface area contributed by atoms with E-state index in [1.807, 2.05) is 0 Å². The summed E-state index contributed by atoms with van der Waals surface area (Å²) in [6.07, 6.45) is 5.53. The lowest BCUT2D eigenvalue weighted by Gasteiger charge is -2.08. The molecule has 0 saturated heterocycles. The molecule has 14 heavy (non-hydrogen) atoms. The highest BCUT2D eigenvalue weighted by molar-refractivity contribution is 6.02. The van der Waals surface area contributed by atoms with Gasteiger partial charge in [0.15, 0.2) is 0 Å². The van der Waals surface area contributed by atoms with Crippen molar-refractivity contribution in [2.24, 2.45) is 5.92 Å². The van der Waals surface area contributed by atoms with Crippen LogP contribution >= 0.6 is 0 Å². The fourth-order valence-corrected chi connectivity index (χ4v) is 1.80. The van der Waals surface area contributed by atoms with Crippen LogP contribution in [0.5, 0.6) is 0 Å². The maximum absolute atomic E-state index is 11.5. The Morgan fingerprint density at radius 1 is 1.50 bits per heavy atom. The van der Waals surface area contributed by atoms with Gasteiger partial charge in [-0.1, -0.05) is 19.8 Å². The van der Waals surface area contributed by atoms with Gasteiger partial charge in [-0.05, 0) is 19.3 Å². The van der Waals surface area contributed by atoms with Gasteiger partial charge in [-0.25, -0.2) is 0 Å². The Balaban J connectivity index is 2.18. The van der Waals surface area contributed by atoms with Crippen molar-refractivity contribution in [3.8, 4) is 0 Å². The molecule has 0 heterocycles. The Kier molecular flexibility index (Phi) is 4.63. The molecule has 1 amide bonds. The summed E-state index contributed by atoms with van der Waals surface area (Å²) in [7, 11) is 0. The molecule has 3 nitrogen and oxygen atoms in total. The first-order valence-corrected chi connectivity index (χ1v) is 5.56. The largest absolute Gasteiger partial charge is 0.355 e. The molecule has 3 heteroatoms. The van der Waals surface area contributed by atoms with Crippen LogP contribution in [0.4, 0.5) is 0 Å². The monoisotopic (exact) mass is 197 g/mol. The molecule has 0 aliphatic heterocycles. The van der Waals surface area contributed by atoms with E-state index >= 15 is 0 Å². The molecule has 1 N–H and O–H groups in total. The van der Waals surface area contributed by atoms with Gasteiger partial charge in [0.2, 0.25) is 5.91 Å². The van der Waals surface area contributed by atoms with Crippen molar-refractivity contribution >= 4 is 11.7 Å². The zero-order chi connectivity index (χ0) is 10.4. The first-order valence-electron chi connectivity index (χ1n) is 5.56. The van der Waals surface area contributed by atoms with Crippen molar-refractivity contribution in [3.05, 3.63) is 0 Å². The Morgan fingerprint density at radius 2 is 2.29 bits per heavy atom. The molecule has 0 aromatic carbocycles. The fraction of sp³-hybridized carbons (Fsp3) is 0.818. The van der Waals surface area contributed by atoms with Crippen molar-refractivity contribution in [3.63, 3.8) is 0 Å². The summed E-state index contributed by atoms with van der Waals surface area (Å²) in [6, 6.07) is 0. The zero-order valence-electron chi connectivity index (χ0n) is 8.84. The average Bonchev–Trinajstić information content (AvgIpc) is 2.59. The van der Waals surface area contributed by atoms with E-state index < -0.39 is 0 Å². The second kappa shape index (κ2) is 5.78. The van der Waals surface area contributed by atoms with E-state index in [1.165, 1.54) is 0 Å². The third kappa shape index (κ3) is 3.13. The minimum Gasteiger partial charge on any atom is -0.355 e. The molecule has 0 unspecified atom stereocenters. The van der Waals surface area contributed by atoms with E-state index in [1.54, 1.807) is 0 Å². The molecule has 1 fully saturated rings. The number of hydrogen-bond acceptors (Lipinski definition) is 2. The maximum atomic E-state index is 11.5. The Hall–Kier alpha value is -0.860. The van der Waals surface area contributed by atoms with Gasteiger partial charge >= 0.3 is 0 Å². The standard InChI is InChI=1S/C11H19NO2/c1-2-3-4-8-12-11(14)9-6-5-7-10(9)13/h9H,2-8H2,1H3,(H,12,14)/t9-/m0/s1. The van der Waals surface area contributed by atoms with E-state index in [4.69, 9.17) is 0 Å². The molecular formula is C11H19NO2. The summed E-state index contributed by atoms with van der Waals surface area (Å²) in [5.74, 6) is -0.266. The molecular weight excluding hydrogens is 178 g/mol. The second-order valence-corrected chi connectivity index (χ2v) is 3.91. The normalized spacial score (nSPS) is 21.2. The molecule has 1 atom stereocenters. The fourth-order valence-electron chi connectivity index (χ4n) is 1.80. The van der Waals surface area contributed by atoms with E-state index in [0.29, 0.717) is 6.42 Å². The van der Waals surface area contributed by atoms with Crippen LogP contribution in [0.15, 0.2) is 0 Å². The molecule has 0 spiro atoms. The van der Waals surface area contributed by atoms with Crippen molar-refractivity contribution in [2.75, 3.05) is 6.54 Å². The van der Waals surface area contributed by atoms with Crippen LogP contribution in [0.2, 0.25) is 0 Å². The minimum atomic E-state index is -0.336. The highest BCUT2D eigenvalue weighted by Gasteiger charge is 2.30.